The molecule has 0 saturated heterocycles. The van der Waals surface area contributed by atoms with Gasteiger partial charge in [-0.1, -0.05) is 30.9 Å². The Kier molecular flexibility index (Phi) is 7.44. The summed E-state index contributed by atoms with van der Waals surface area (Å²) < 4.78 is 25.4. The molecular formula is C20H20ClF2N3O2S. The van der Waals surface area contributed by atoms with Crippen molar-refractivity contribution in [1.82, 2.24) is 10.3 Å². The van der Waals surface area contributed by atoms with Crippen molar-refractivity contribution in [3.05, 3.63) is 52.7 Å². The minimum Gasteiger partial charge on any atom is -0.349 e. The summed E-state index contributed by atoms with van der Waals surface area (Å²) in [5.41, 5.74) is 0.620. The van der Waals surface area contributed by atoms with Crippen molar-refractivity contribution >= 4 is 40.9 Å². The molecule has 1 aromatic carbocycles. The highest BCUT2D eigenvalue weighted by atomic mass is 35.5. The topological polar surface area (TPSA) is 71.1 Å². The molecule has 0 spiro atoms. The molecule has 1 heterocycles. The molecule has 0 aliphatic heterocycles. The number of nitrogens with zero attached hydrogens (tertiary/aromatic N) is 1. The molecule has 2 amide bonds. The average molecular weight is 440 g/mol. The normalized spacial score (nSPS) is 14.6. The Morgan fingerprint density at radius 1 is 1.10 bits per heavy atom. The van der Waals surface area contributed by atoms with Crippen LogP contribution in [0.3, 0.4) is 0 Å². The smallest absolute Gasteiger partial charge is 0.290 e. The summed E-state index contributed by atoms with van der Waals surface area (Å²) in [4.78, 5) is 29.0. The van der Waals surface area contributed by atoms with Crippen molar-refractivity contribution in [2.24, 2.45) is 0 Å². The van der Waals surface area contributed by atoms with Crippen LogP contribution in [0.5, 0.6) is 0 Å². The van der Waals surface area contributed by atoms with E-state index in [1.165, 1.54) is 36.9 Å². The molecule has 1 aliphatic carbocycles. The van der Waals surface area contributed by atoms with Crippen LogP contribution >= 0.6 is 23.4 Å². The second-order valence-corrected chi connectivity index (χ2v) is 8.08. The fourth-order valence-electron chi connectivity index (χ4n) is 3.23. The Bertz CT molecular complexity index is 892. The number of amides is 2. The molecule has 2 N–H and O–H groups in total. The highest BCUT2D eigenvalue weighted by Gasteiger charge is 2.20. The molecule has 2 aromatic rings. The molecule has 1 aromatic heterocycles. The van der Waals surface area contributed by atoms with Gasteiger partial charge in [0.05, 0.1) is 16.1 Å². The van der Waals surface area contributed by atoms with E-state index in [0.717, 1.165) is 25.7 Å². The monoisotopic (exact) mass is 439 g/mol. The van der Waals surface area contributed by atoms with Gasteiger partial charge in [0.15, 0.2) is 0 Å². The van der Waals surface area contributed by atoms with Crippen molar-refractivity contribution in [3.63, 3.8) is 0 Å². The SMILES string of the molecule is O=C(NC1CCCCC1)c1cc(NC(=O)c2cccnc2SC(F)F)ccc1Cl. The number of alkyl halides is 2. The van der Waals surface area contributed by atoms with Crippen LogP contribution in [-0.4, -0.2) is 28.6 Å². The van der Waals surface area contributed by atoms with Gasteiger partial charge in [-0.3, -0.25) is 9.59 Å². The number of carbonyl (C=O) groups excluding carboxylic acids is 2. The zero-order valence-electron chi connectivity index (χ0n) is 15.5. The maximum Gasteiger partial charge on any atom is 0.290 e. The first-order valence-corrected chi connectivity index (χ1v) is 10.5. The number of hydrogen-bond donors (Lipinski definition) is 2. The molecule has 0 atom stereocenters. The number of thioether (sulfide) groups is 1. The predicted octanol–water partition coefficient (Wildman–Crippen LogP) is 5.36. The molecule has 1 aliphatic rings. The molecule has 1 saturated carbocycles. The Morgan fingerprint density at radius 3 is 2.59 bits per heavy atom. The van der Waals surface area contributed by atoms with Gasteiger partial charge in [0, 0.05) is 17.9 Å². The highest BCUT2D eigenvalue weighted by Crippen LogP contribution is 2.28. The van der Waals surface area contributed by atoms with Gasteiger partial charge < -0.3 is 10.6 Å². The lowest BCUT2D eigenvalue weighted by Crippen LogP contribution is -2.36. The third-order valence-electron chi connectivity index (χ3n) is 4.63. The molecule has 0 bridgehead atoms. The number of carbonyl (C=O) groups is 2. The average Bonchev–Trinajstić information content (AvgIpc) is 2.70. The molecule has 29 heavy (non-hydrogen) atoms. The third-order valence-corrected chi connectivity index (χ3v) is 5.68. The lowest BCUT2D eigenvalue weighted by molar-refractivity contribution is 0.0926. The van der Waals surface area contributed by atoms with E-state index in [1.54, 1.807) is 6.07 Å². The third kappa shape index (κ3) is 5.90. The van der Waals surface area contributed by atoms with Gasteiger partial charge in [-0.25, -0.2) is 4.98 Å². The van der Waals surface area contributed by atoms with Crippen LogP contribution in [0.15, 0.2) is 41.6 Å². The van der Waals surface area contributed by atoms with Gasteiger partial charge in [0.2, 0.25) is 0 Å². The van der Waals surface area contributed by atoms with Gasteiger partial charge in [0.1, 0.15) is 5.03 Å². The van der Waals surface area contributed by atoms with E-state index in [4.69, 9.17) is 11.6 Å². The van der Waals surface area contributed by atoms with E-state index in [-0.39, 0.29) is 44.9 Å². The molecule has 0 unspecified atom stereocenters. The van der Waals surface area contributed by atoms with Crippen molar-refractivity contribution < 1.29 is 18.4 Å². The molecule has 1 fully saturated rings. The quantitative estimate of drug-likeness (QED) is 0.594. The molecule has 0 radical (unpaired) electrons. The lowest BCUT2D eigenvalue weighted by Gasteiger charge is -2.23. The number of hydrogen-bond acceptors (Lipinski definition) is 4. The predicted molar refractivity (Wildman–Crippen MR) is 110 cm³/mol. The minimum atomic E-state index is -2.69. The van der Waals surface area contributed by atoms with Gasteiger partial charge >= 0.3 is 0 Å². The van der Waals surface area contributed by atoms with Crippen molar-refractivity contribution in [3.8, 4) is 0 Å². The Hall–Kier alpha value is -2.19. The maximum atomic E-state index is 12.7. The Morgan fingerprint density at radius 2 is 1.86 bits per heavy atom. The first kappa shape index (κ1) is 21.5. The fourth-order valence-corrected chi connectivity index (χ4v) is 4.01. The van der Waals surface area contributed by atoms with E-state index >= 15 is 0 Å². The number of anilines is 1. The van der Waals surface area contributed by atoms with Crippen molar-refractivity contribution in [2.75, 3.05) is 5.32 Å². The summed E-state index contributed by atoms with van der Waals surface area (Å²) >= 11 is 6.38. The van der Waals surface area contributed by atoms with Crippen molar-refractivity contribution in [1.29, 1.82) is 0 Å². The molecule has 3 rings (SSSR count). The first-order valence-electron chi connectivity index (χ1n) is 9.25. The highest BCUT2D eigenvalue weighted by molar-refractivity contribution is 7.99. The van der Waals surface area contributed by atoms with E-state index in [2.05, 4.69) is 15.6 Å². The van der Waals surface area contributed by atoms with Crippen LogP contribution < -0.4 is 10.6 Å². The maximum absolute atomic E-state index is 12.7. The van der Waals surface area contributed by atoms with Crippen LogP contribution in [0, 0.1) is 0 Å². The molecular weight excluding hydrogens is 420 g/mol. The number of aromatic nitrogens is 1. The zero-order chi connectivity index (χ0) is 20.8. The standard InChI is InChI=1S/C20H20ClF2N3O2S/c21-16-9-8-13(11-15(16)18(28)25-12-5-2-1-3-6-12)26-17(27)14-7-4-10-24-19(14)29-20(22)23/h4,7-12,20H,1-3,5-6H2,(H,25,28)(H,26,27). The van der Waals surface area contributed by atoms with Gasteiger partial charge in [-0.15, -0.1) is 0 Å². The van der Waals surface area contributed by atoms with Gasteiger partial charge in [-0.05, 0) is 54.9 Å². The second-order valence-electron chi connectivity index (χ2n) is 6.69. The van der Waals surface area contributed by atoms with Crippen LogP contribution in [-0.2, 0) is 0 Å². The van der Waals surface area contributed by atoms with E-state index in [9.17, 15) is 18.4 Å². The van der Waals surface area contributed by atoms with Crippen molar-refractivity contribution in [2.45, 2.75) is 48.9 Å². The molecule has 5 nitrogen and oxygen atoms in total. The number of benzene rings is 1. The summed E-state index contributed by atoms with van der Waals surface area (Å²) in [6.45, 7) is 0. The summed E-state index contributed by atoms with van der Waals surface area (Å²) in [5.74, 6) is -3.59. The summed E-state index contributed by atoms with van der Waals surface area (Å²) in [6.07, 6.45) is 6.56. The van der Waals surface area contributed by atoms with Crippen LogP contribution in [0.25, 0.3) is 0 Å². The Labute approximate surface area is 176 Å². The van der Waals surface area contributed by atoms with E-state index < -0.39 is 11.7 Å². The number of halogens is 3. The van der Waals surface area contributed by atoms with Crippen LogP contribution in [0.2, 0.25) is 5.02 Å². The minimum absolute atomic E-state index is 0.0287. The van der Waals surface area contributed by atoms with E-state index in [0.29, 0.717) is 5.69 Å². The number of rotatable bonds is 6. The second kappa shape index (κ2) is 10.0. The number of pyridine rings is 1. The largest absolute Gasteiger partial charge is 0.349 e. The van der Waals surface area contributed by atoms with E-state index in [1.807, 2.05) is 0 Å². The van der Waals surface area contributed by atoms with Crippen LogP contribution in [0.4, 0.5) is 14.5 Å². The van der Waals surface area contributed by atoms with Gasteiger partial charge in [-0.2, -0.15) is 8.78 Å². The van der Waals surface area contributed by atoms with Gasteiger partial charge in [0.25, 0.3) is 17.6 Å². The fraction of sp³-hybridized carbons (Fsp3) is 0.350. The zero-order valence-corrected chi connectivity index (χ0v) is 17.0. The van der Waals surface area contributed by atoms with Crippen LogP contribution in [0.1, 0.15) is 52.8 Å². The first-order chi connectivity index (χ1) is 13.9. The lowest BCUT2D eigenvalue weighted by atomic mass is 9.95. The summed E-state index contributed by atoms with van der Waals surface area (Å²) in [7, 11) is 0. The summed E-state index contributed by atoms with van der Waals surface area (Å²) in [5, 5.41) is 5.81. The molecule has 154 valence electrons. The molecule has 9 heteroatoms. The Balaban J connectivity index is 1.74. The summed E-state index contributed by atoms with van der Waals surface area (Å²) in [6, 6.07) is 7.58. The number of nitrogens with one attached hydrogen (secondary N) is 2.